The maximum atomic E-state index is 11.8. The van der Waals surface area contributed by atoms with Crippen LogP contribution in [0.3, 0.4) is 0 Å². The fourth-order valence-electron chi connectivity index (χ4n) is 1.68. The van der Waals surface area contributed by atoms with Crippen LogP contribution in [0.2, 0.25) is 0 Å². The Balaban J connectivity index is 1.60. The van der Waals surface area contributed by atoms with Crippen LogP contribution in [-0.4, -0.2) is 45.1 Å². The number of thioether (sulfide) groups is 1. The lowest BCUT2D eigenvalue weighted by Crippen LogP contribution is -2.33. The quantitative estimate of drug-likeness (QED) is 0.928. The molecule has 0 aromatic carbocycles. The summed E-state index contributed by atoms with van der Waals surface area (Å²) in [5, 5.41) is 11.4. The summed E-state index contributed by atoms with van der Waals surface area (Å²) in [6.07, 6.45) is 1.55. The average molecular weight is 310 g/mol. The number of carbonyl (C=O) groups is 2. The molecule has 0 radical (unpaired) electrons. The van der Waals surface area contributed by atoms with Crippen LogP contribution in [0, 0.1) is 0 Å². The number of aromatic nitrogens is 2. The van der Waals surface area contributed by atoms with Crippen molar-refractivity contribution in [3.05, 3.63) is 18.4 Å². The first-order valence-electron chi connectivity index (χ1n) is 5.81. The zero-order valence-corrected chi connectivity index (χ0v) is 11.9. The van der Waals surface area contributed by atoms with Gasteiger partial charge in [0.2, 0.25) is 11.0 Å². The summed E-state index contributed by atoms with van der Waals surface area (Å²) in [5.41, 5.74) is 0. The van der Waals surface area contributed by atoms with E-state index in [2.05, 4.69) is 15.5 Å². The minimum atomic E-state index is -0.275. The van der Waals surface area contributed by atoms with Crippen molar-refractivity contribution in [1.29, 1.82) is 0 Å². The van der Waals surface area contributed by atoms with Crippen molar-refractivity contribution in [1.82, 2.24) is 15.1 Å². The van der Waals surface area contributed by atoms with E-state index in [1.54, 1.807) is 18.4 Å². The van der Waals surface area contributed by atoms with Gasteiger partial charge in [-0.05, 0) is 12.1 Å². The average Bonchev–Trinajstić information content (AvgIpc) is 3.12. The molecule has 2 aromatic heterocycles. The molecule has 0 unspecified atom stereocenters. The monoisotopic (exact) mass is 310 g/mol. The second-order valence-electron chi connectivity index (χ2n) is 3.97. The molecule has 1 fully saturated rings. The largest absolute Gasteiger partial charge is 0.462 e. The molecule has 0 aliphatic carbocycles. The van der Waals surface area contributed by atoms with Crippen LogP contribution in [0.25, 0.3) is 10.8 Å². The van der Waals surface area contributed by atoms with Gasteiger partial charge in [-0.1, -0.05) is 23.1 Å². The summed E-state index contributed by atoms with van der Waals surface area (Å²) >= 11 is 2.45. The molecule has 0 saturated carbocycles. The Labute approximate surface area is 122 Å². The predicted octanol–water partition coefficient (Wildman–Crippen LogP) is 1.91. The molecule has 2 aromatic rings. The summed E-state index contributed by atoms with van der Waals surface area (Å²) in [7, 11) is 0. The maximum absolute atomic E-state index is 11.8. The zero-order valence-electron chi connectivity index (χ0n) is 10.2. The molecule has 7 nitrogen and oxygen atoms in total. The number of nitrogens with zero attached hydrogens (tertiary/aromatic N) is 3. The fourth-order valence-corrected chi connectivity index (χ4v) is 3.23. The van der Waals surface area contributed by atoms with Crippen LogP contribution in [0.15, 0.2) is 22.8 Å². The number of carbonyl (C=O) groups excluding carboxylic acids is 2. The molecular formula is C11H10N4O3S2. The molecule has 9 heteroatoms. The Morgan fingerprint density at radius 2 is 2.40 bits per heavy atom. The van der Waals surface area contributed by atoms with Crippen molar-refractivity contribution in [3.8, 4) is 10.8 Å². The van der Waals surface area contributed by atoms with Gasteiger partial charge in [0.25, 0.3) is 5.24 Å². The summed E-state index contributed by atoms with van der Waals surface area (Å²) in [6.45, 7) is 0.645. The molecule has 1 N–H and O–H groups in total. The van der Waals surface area contributed by atoms with Crippen LogP contribution >= 0.6 is 23.1 Å². The topological polar surface area (TPSA) is 88.3 Å². The maximum Gasteiger partial charge on any atom is 0.282 e. The highest BCUT2D eigenvalue weighted by Gasteiger charge is 2.23. The highest BCUT2D eigenvalue weighted by atomic mass is 32.2. The van der Waals surface area contributed by atoms with Crippen molar-refractivity contribution >= 4 is 39.4 Å². The highest BCUT2D eigenvalue weighted by molar-refractivity contribution is 8.13. The lowest BCUT2D eigenvalue weighted by Gasteiger charge is -2.12. The minimum absolute atomic E-state index is 0.0432. The van der Waals surface area contributed by atoms with Gasteiger partial charge < -0.3 is 9.32 Å². The Hall–Kier alpha value is -1.87. The van der Waals surface area contributed by atoms with Crippen molar-refractivity contribution in [2.24, 2.45) is 0 Å². The molecule has 3 rings (SSSR count). The molecule has 2 amide bonds. The van der Waals surface area contributed by atoms with Crippen molar-refractivity contribution < 1.29 is 14.0 Å². The number of furan rings is 1. The van der Waals surface area contributed by atoms with Crippen LogP contribution in [0.1, 0.15) is 0 Å². The van der Waals surface area contributed by atoms with Gasteiger partial charge in [0, 0.05) is 12.3 Å². The lowest BCUT2D eigenvalue weighted by molar-refractivity contribution is -0.116. The normalized spacial score (nSPS) is 14.8. The molecule has 3 heterocycles. The van der Waals surface area contributed by atoms with E-state index in [1.807, 2.05) is 0 Å². The third kappa shape index (κ3) is 2.83. The van der Waals surface area contributed by atoms with E-state index in [-0.39, 0.29) is 17.7 Å². The van der Waals surface area contributed by atoms with Gasteiger partial charge in [0.15, 0.2) is 10.8 Å². The second kappa shape index (κ2) is 5.63. The summed E-state index contributed by atoms with van der Waals surface area (Å²) in [4.78, 5) is 24.7. The molecule has 1 aliphatic heterocycles. The SMILES string of the molecule is O=C(CN1CCSC1=O)Nc1nnc(-c2ccco2)s1. The van der Waals surface area contributed by atoms with E-state index in [0.29, 0.717) is 22.4 Å². The Morgan fingerprint density at radius 3 is 3.10 bits per heavy atom. The van der Waals surface area contributed by atoms with Gasteiger partial charge in [-0.3, -0.25) is 14.9 Å². The summed E-state index contributed by atoms with van der Waals surface area (Å²) in [6, 6.07) is 3.53. The molecule has 0 spiro atoms. The zero-order chi connectivity index (χ0) is 13.9. The van der Waals surface area contributed by atoms with Gasteiger partial charge in [-0.25, -0.2) is 0 Å². The number of hydrogen-bond acceptors (Lipinski definition) is 7. The van der Waals surface area contributed by atoms with E-state index in [0.717, 1.165) is 5.75 Å². The standard InChI is InChI=1S/C11H10N4O3S2/c16-8(6-15-3-5-19-11(15)17)12-10-14-13-9(20-10)7-2-1-4-18-7/h1-2,4H,3,5-6H2,(H,12,14,16). The molecule has 20 heavy (non-hydrogen) atoms. The van der Waals surface area contributed by atoms with Gasteiger partial charge in [0.05, 0.1) is 6.26 Å². The fraction of sp³-hybridized carbons (Fsp3) is 0.273. The number of anilines is 1. The van der Waals surface area contributed by atoms with Gasteiger partial charge in [-0.2, -0.15) is 0 Å². The third-order valence-electron chi connectivity index (χ3n) is 2.58. The van der Waals surface area contributed by atoms with Crippen molar-refractivity contribution in [3.63, 3.8) is 0 Å². The Kier molecular flexibility index (Phi) is 3.70. The van der Waals surface area contributed by atoms with E-state index in [1.165, 1.54) is 28.0 Å². The third-order valence-corrected chi connectivity index (χ3v) is 4.33. The minimum Gasteiger partial charge on any atom is -0.462 e. The summed E-state index contributed by atoms with van der Waals surface area (Å²) < 4.78 is 5.20. The van der Waals surface area contributed by atoms with E-state index in [9.17, 15) is 9.59 Å². The second-order valence-corrected chi connectivity index (χ2v) is 6.00. The molecule has 104 valence electrons. The molecule has 1 aliphatic rings. The van der Waals surface area contributed by atoms with E-state index in [4.69, 9.17) is 4.42 Å². The first-order valence-corrected chi connectivity index (χ1v) is 7.61. The Morgan fingerprint density at radius 1 is 1.50 bits per heavy atom. The number of amides is 2. The van der Waals surface area contributed by atoms with E-state index < -0.39 is 0 Å². The number of nitrogens with one attached hydrogen (secondary N) is 1. The van der Waals surface area contributed by atoms with Gasteiger partial charge >= 0.3 is 0 Å². The van der Waals surface area contributed by atoms with Crippen LogP contribution in [0.5, 0.6) is 0 Å². The van der Waals surface area contributed by atoms with Gasteiger partial charge in [0.1, 0.15) is 6.54 Å². The van der Waals surface area contributed by atoms with Crippen molar-refractivity contribution in [2.75, 3.05) is 24.2 Å². The molecule has 1 saturated heterocycles. The molecule has 0 atom stereocenters. The highest BCUT2D eigenvalue weighted by Crippen LogP contribution is 2.26. The first kappa shape index (κ1) is 13.1. The van der Waals surface area contributed by atoms with Crippen molar-refractivity contribution in [2.45, 2.75) is 0 Å². The van der Waals surface area contributed by atoms with Crippen LogP contribution in [-0.2, 0) is 4.79 Å². The predicted molar refractivity (Wildman–Crippen MR) is 75.7 cm³/mol. The molecular weight excluding hydrogens is 300 g/mol. The van der Waals surface area contributed by atoms with Crippen LogP contribution in [0.4, 0.5) is 9.93 Å². The Bertz CT molecular complexity index is 625. The van der Waals surface area contributed by atoms with Gasteiger partial charge in [-0.15, -0.1) is 10.2 Å². The van der Waals surface area contributed by atoms with Crippen LogP contribution < -0.4 is 5.32 Å². The number of hydrogen-bond donors (Lipinski definition) is 1. The smallest absolute Gasteiger partial charge is 0.282 e. The first-order chi connectivity index (χ1) is 9.72. The summed E-state index contributed by atoms with van der Waals surface area (Å²) in [5.74, 6) is 1.06. The molecule has 0 bridgehead atoms. The lowest BCUT2D eigenvalue weighted by atomic mass is 10.5. The number of rotatable bonds is 4. The van der Waals surface area contributed by atoms with E-state index >= 15 is 0 Å².